The number of thioether (sulfide) groups is 1. The Morgan fingerprint density at radius 2 is 1.77 bits per heavy atom. The van der Waals surface area contributed by atoms with E-state index in [0.717, 1.165) is 22.8 Å². The lowest BCUT2D eigenvalue weighted by Gasteiger charge is -2.38. The van der Waals surface area contributed by atoms with Crippen LogP contribution in [0.15, 0.2) is 60.7 Å². The first-order chi connectivity index (χ1) is 12.6. The molecule has 2 aromatic rings. The van der Waals surface area contributed by atoms with Crippen molar-refractivity contribution < 1.29 is 19.5 Å². The molecule has 2 heterocycles. The molecule has 0 saturated carbocycles. The van der Waals surface area contributed by atoms with E-state index in [0.29, 0.717) is 12.0 Å². The van der Waals surface area contributed by atoms with Gasteiger partial charge in [-0.15, -0.1) is 5.06 Å². The van der Waals surface area contributed by atoms with Gasteiger partial charge in [0.05, 0.1) is 16.7 Å². The average Bonchev–Trinajstić information content (AvgIpc) is 2.90. The zero-order valence-corrected chi connectivity index (χ0v) is 14.9. The number of aliphatic hydroxyl groups is 1. The van der Waals surface area contributed by atoms with Crippen LogP contribution in [0.2, 0.25) is 0 Å². The minimum absolute atomic E-state index is 0.340. The number of hydroxylamine groups is 2. The van der Waals surface area contributed by atoms with Crippen LogP contribution in [0.5, 0.6) is 0 Å². The van der Waals surface area contributed by atoms with Crippen molar-refractivity contribution in [3.8, 4) is 0 Å². The molecule has 2 aliphatic heterocycles. The molecule has 26 heavy (non-hydrogen) atoms. The number of fused-ring (bicyclic) bond motifs is 1. The average molecular weight is 369 g/mol. The third kappa shape index (κ3) is 2.79. The SMILES string of the molecule is O=C(ON1C(=O)[C@H](c2ccccc2)[C@H]2SCCC[C@]21O)c1ccccc1. The molecule has 2 aliphatic rings. The fourth-order valence-electron chi connectivity index (χ4n) is 3.66. The second-order valence-corrected chi connectivity index (χ2v) is 7.79. The van der Waals surface area contributed by atoms with Crippen LogP contribution in [0.3, 0.4) is 0 Å². The number of rotatable bonds is 3. The third-order valence-corrected chi connectivity index (χ3v) is 6.44. The minimum Gasteiger partial charge on any atom is -0.367 e. The van der Waals surface area contributed by atoms with Crippen LogP contribution in [0.1, 0.15) is 34.7 Å². The smallest absolute Gasteiger partial charge is 0.363 e. The van der Waals surface area contributed by atoms with E-state index in [4.69, 9.17) is 4.84 Å². The predicted molar refractivity (Wildman–Crippen MR) is 98.3 cm³/mol. The maximum Gasteiger partial charge on any atom is 0.363 e. The first-order valence-electron chi connectivity index (χ1n) is 8.61. The highest BCUT2D eigenvalue weighted by atomic mass is 32.2. The largest absolute Gasteiger partial charge is 0.367 e. The molecule has 2 saturated heterocycles. The summed E-state index contributed by atoms with van der Waals surface area (Å²) in [6.45, 7) is 0. The van der Waals surface area contributed by atoms with Crippen LogP contribution in [-0.4, -0.2) is 38.8 Å². The summed E-state index contributed by atoms with van der Waals surface area (Å²) in [5.41, 5.74) is -0.314. The summed E-state index contributed by atoms with van der Waals surface area (Å²) in [6, 6.07) is 17.9. The van der Waals surface area contributed by atoms with Gasteiger partial charge in [-0.05, 0) is 29.9 Å². The highest BCUT2D eigenvalue weighted by Gasteiger charge is 2.61. The lowest BCUT2D eigenvalue weighted by atomic mass is 9.92. The van der Waals surface area contributed by atoms with Gasteiger partial charge in [0.1, 0.15) is 0 Å². The molecule has 1 amide bonds. The maximum atomic E-state index is 13.1. The van der Waals surface area contributed by atoms with Crippen LogP contribution in [0.4, 0.5) is 0 Å². The number of nitrogens with zero attached hydrogens (tertiary/aromatic N) is 1. The van der Waals surface area contributed by atoms with E-state index in [9.17, 15) is 14.7 Å². The number of amides is 1. The Bertz CT molecular complexity index is 813. The van der Waals surface area contributed by atoms with Crippen LogP contribution >= 0.6 is 11.8 Å². The zero-order valence-electron chi connectivity index (χ0n) is 14.1. The molecular formula is C20H19NO4S. The molecule has 134 valence electrons. The van der Waals surface area contributed by atoms with Gasteiger partial charge < -0.3 is 9.94 Å². The fraction of sp³-hybridized carbons (Fsp3) is 0.300. The van der Waals surface area contributed by atoms with Gasteiger partial charge in [0.2, 0.25) is 0 Å². The minimum atomic E-state index is -1.48. The van der Waals surface area contributed by atoms with E-state index in [2.05, 4.69) is 0 Å². The van der Waals surface area contributed by atoms with E-state index in [1.54, 1.807) is 42.1 Å². The second kappa shape index (κ2) is 6.78. The summed E-state index contributed by atoms with van der Waals surface area (Å²) < 4.78 is 0. The molecule has 3 atom stereocenters. The predicted octanol–water partition coefficient (Wildman–Crippen LogP) is 2.97. The van der Waals surface area contributed by atoms with Crippen molar-refractivity contribution in [2.45, 2.75) is 29.7 Å². The maximum absolute atomic E-state index is 13.1. The Morgan fingerprint density at radius 1 is 1.12 bits per heavy atom. The Labute approximate surface area is 155 Å². The zero-order chi connectivity index (χ0) is 18.1. The number of carbonyl (C=O) groups excluding carboxylic acids is 2. The molecule has 2 aromatic carbocycles. The Hall–Kier alpha value is -2.31. The van der Waals surface area contributed by atoms with Crippen LogP contribution in [-0.2, 0) is 9.63 Å². The van der Waals surface area contributed by atoms with Gasteiger partial charge in [-0.3, -0.25) is 4.79 Å². The molecule has 6 heteroatoms. The van der Waals surface area contributed by atoms with E-state index in [1.165, 1.54) is 0 Å². The van der Waals surface area contributed by atoms with Gasteiger partial charge in [-0.1, -0.05) is 48.5 Å². The standard InChI is InChI=1S/C20H19NO4S/c22-18-16(14-8-3-1-4-9-14)17-20(24,12-7-13-26-17)21(18)25-19(23)15-10-5-2-6-11-15/h1-6,8-11,16-17,24H,7,12-13H2/t16-,17-,20+/m1/s1. The van der Waals surface area contributed by atoms with Crippen molar-refractivity contribution in [1.82, 2.24) is 5.06 Å². The summed E-state index contributed by atoms with van der Waals surface area (Å²) in [5, 5.41) is 11.8. The van der Waals surface area contributed by atoms with Gasteiger partial charge in [-0.25, -0.2) is 4.79 Å². The molecule has 0 spiro atoms. The molecule has 0 aliphatic carbocycles. The fourth-order valence-corrected chi connectivity index (χ4v) is 5.17. The van der Waals surface area contributed by atoms with Gasteiger partial charge in [0.25, 0.3) is 5.91 Å². The lowest BCUT2D eigenvalue weighted by Crippen LogP contribution is -2.52. The van der Waals surface area contributed by atoms with Crippen molar-refractivity contribution >= 4 is 23.6 Å². The molecular weight excluding hydrogens is 350 g/mol. The van der Waals surface area contributed by atoms with Crippen molar-refractivity contribution in [3.63, 3.8) is 0 Å². The summed E-state index contributed by atoms with van der Waals surface area (Å²) in [4.78, 5) is 31.0. The highest BCUT2D eigenvalue weighted by molar-refractivity contribution is 8.00. The third-order valence-electron chi connectivity index (χ3n) is 4.91. The number of hydrogen-bond acceptors (Lipinski definition) is 5. The molecule has 0 bridgehead atoms. The normalized spacial score (nSPS) is 27.9. The molecule has 4 rings (SSSR count). The van der Waals surface area contributed by atoms with Crippen molar-refractivity contribution in [2.24, 2.45) is 0 Å². The van der Waals surface area contributed by atoms with E-state index < -0.39 is 17.6 Å². The molecule has 1 N–H and O–H groups in total. The van der Waals surface area contributed by atoms with Crippen LogP contribution in [0, 0.1) is 0 Å². The van der Waals surface area contributed by atoms with Crippen molar-refractivity contribution in [3.05, 3.63) is 71.8 Å². The van der Waals surface area contributed by atoms with Gasteiger partial charge in [0.15, 0.2) is 5.72 Å². The summed E-state index contributed by atoms with van der Waals surface area (Å²) in [5.74, 6) is -0.683. The molecule has 5 nitrogen and oxygen atoms in total. The van der Waals surface area contributed by atoms with Crippen LogP contribution < -0.4 is 0 Å². The van der Waals surface area contributed by atoms with Gasteiger partial charge >= 0.3 is 5.97 Å². The number of carbonyl (C=O) groups is 2. The number of benzene rings is 2. The van der Waals surface area contributed by atoms with Crippen molar-refractivity contribution in [2.75, 3.05) is 5.75 Å². The Balaban J connectivity index is 1.67. The molecule has 0 unspecified atom stereocenters. The Kier molecular flexibility index (Phi) is 4.46. The first-order valence-corrected chi connectivity index (χ1v) is 9.66. The summed E-state index contributed by atoms with van der Waals surface area (Å²) in [7, 11) is 0. The van der Waals surface area contributed by atoms with E-state index in [-0.39, 0.29) is 11.2 Å². The number of hydrogen-bond donors (Lipinski definition) is 1. The van der Waals surface area contributed by atoms with Crippen LogP contribution in [0.25, 0.3) is 0 Å². The molecule has 2 fully saturated rings. The summed E-state index contributed by atoms with van der Waals surface area (Å²) >= 11 is 1.56. The highest BCUT2D eigenvalue weighted by Crippen LogP contribution is 2.50. The monoisotopic (exact) mass is 369 g/mol. The summed E-state index contributed by atoms with van der Waals surface area (Å²) in [6.07, 6.45) is 1.15. The quantitative estimate of drug-likeness (QED) is 0.901. The Morgan fingerprint density at radius 3 is 2.46 bits per heavy atom. The van der Waals surface area contributed by atoms with Gasteiger partial charge in [-0.2, -0.15) is 11.8 Å². The van der Waals surface area contributed by atoms with E-state index in [1.807, 2.05) is 30.3 Å². The van der Waals surface area contributed by atoms with Gasteiger partial charge in [0, 0.05) is 6.42 Å². The topological polar surface area (TPSA) is 66.8 Å². The molecule has 0 aromatic heterocycles. The first kappa shape index (κ1) is 17.1. The lowest BCUT2D eigenvalue weighted by molar-refractivity contribution is -0.235. The van der Waals surface area contributed by atoms with Crippen molar-refractivity contribution in [1.29, 1.82) is 0 Å². The molecule has 0 radical (unpaired) electrons. The van der Waals surface area contributed by atoms with E-state index >= 15 is 0 Å². The second-order valence-electron chi connectivity index (χ2n) is 6.54.